The first-order valence-corrected chi connectivity index (χ1v) is 11.0. The Balaban J connectivity index is 1.50. The number of fused-ring (bicyclic) bond motifs is 1. The summed E-state index contributed by atoms with van der Waals surface area (Å²) in [5, 5.41) is 5.64. The predicted molar refractivity (Wildman–Crippen MR) is 126 cm³/mol. The van der Waals surface area contributed by atoms with E-state index in [-0.39, 0.29) is 11.7 Å². The summed E-state index contributed by atoms with van der Waals surface area (Å²) in [5.74, 6) is -0.379. The number of amides is 1. The lowest BCUT2D eigenvalue weighted by molar-refractivity contribution is 0.102. The highest BCUT2D eigenvalue weighted by atomic mass is 32.1. The van der Waals surface area contributed by atoms with Crippen molar-refractivity contribution in [3.63, 3.8) is 0 Å². The number of thiophene rings is 2. The molecular weight excluding hydrogens is 414 g/mol. The van der Waals surface area contributed by atoms with Gasteiger partial charge in [0.2, 0.25) is 0 Å². The maximum atomic E-state index is 12.8. The van der Waals surface area contributed by atoms with E-state index in [9.17, 15) is 9.59 Å². The minimum atomic E-state index is -0.288. The van der Waals surface area contributed by atoms with Gasteiger partial charge in [0.15, 0.2) is 5.78 Å². The Kier molecular flexibility index (Phi) is 5.48. The van der Waals surface area contributed by atoms with Crippen molar-refractivity contribution in [1.82, 2.24) is 4.98 Å². The third-order valence-corrected chi connectivity index (χ3v) is 6.54. The molecule has 3 heterocycles. The fraction of sp³-hybridized carbons (Fsp3) is 0.0870. The molecule has 5 nitrogen and oxygen atoms in total. The summed E-state index contributed by atoms with van der Waals surface area (Å²) in [5.41, 5.74) is 9.73. The Labute approximate surface area is 181 Å². The SMILES string of the molecule is Cc1cc(C)c2c(N)c(C(=O)Nc3ccc(C(=O)/C=C/c4cccs4)cc3)sc2n1. The van der Waals surface area contributed by atoms with Crippen LogP contribution in [-0.2, 0) is 0 Å². The van der Waals surface area contributed by atoms with Crippen LogP contribution >= 0.6 is 22.7 Å². The molecule has 3 N–H and O–H groups in total. The van der Waals surface area contributed by atoms with Gasteiger partial charge in [-0.3, -0.25) is 9.59 Å². The maximum absolute atomic E-state index is 12.8. The maximum Gasteiger partial charge on any atom is 0.267 e. The van der Waals surface area contributed by atoms with Crippen LogP contribution in [0.4, 0.5) is 11.4 Å². The smallest absolute Gasteiger partial charge is 0.267 e. The van der Waals surface area contributed by atoms with E-state index in [2.05, 4.69) is 10.3 Å². The second kappa shape index (κ2) is 8.22. The van der Waals surface area contributed by atoms with Gasteiger partial charge in [0.05, 0.1) is 5.69 Å². The van der Waals surface area contributed by atoms with Crippen LogP contribution in [0.2, 0.25) is 0 Å². The lowest BCUT2D eigenvalue weighted by atomic mass is 10.1. The van der Waals surface area contributed by atoms with Gasteiger partial charge in [-0.05, 0) is 73.3 Å². The molecule has 0 fully saturated rings. The largest absolute Gasteiger partial charge is 0.397 e. The fourth-order valence-corrected chi connectivity index (χ4v) is 4.91. The second-order valence-corrected chi connectivity index (χ2v) is 8.83. The minimum absolute atomic E-state index is 0.0908. The van der Waals surface area contributed by atoms with Gasteiger partial charge in [0.1, 0.15) is 9.71 Å². The van der Waals surface area contributed by atoms with E-state index in [0.29, 0.717) is 21.8 Å². The molecule has 0 saturated heterocycles. The number of nitrogens with two attached hydrogens (primary N) is 1. The molecule has 0 bridgehead atoms. The van der Waals surface area contributed by atoms with Gasteiger partial charge in [-0.15, -0.1) is 22.7 Å². The van der Waals surface area contributed by atoms with Crippen molar-refractivity contribution >= 4 is 62.0 Å². The average molecular weight is 434 g/mol. The minimum Gasteiger partial charge on any atom is -0.397 e. The molecule has 0 aliphatic carbocycles. The number of nitrogens with zero attached hydrogens (tertiary/aromatic N) is 1. The fourth-order valence-electron chi connectivity index (χ4n) is 3.18. The van der Waals surface area contributed by atoms with E-state index in [1.54, 1.807) is 47.8 Å². The molecule has 0 saturated carbocycles. The van der Waals surface area contributed by atoms with Gasteiger partial charge in [-0.2, -0.15) is 0 Å². The van der Waals surface area contributed by atoms with Crippen LogP contribution in [-0.4, -0.2) is 16.7 Å². The second-order valence-electron chi connectivity index (χ2n) is 6.85. The molecule has 30 heavy (non-hydrogen) atoms. The van der Waals surface area contributed by atoms with Gasteiger partial charge in [0, 0.05) is 27.2 Å². The number of benzene rings is 1. The van der Waals surface area contributed by atoms with Crippen molar-refractivity contribution in [2.24, 2.45) is 0 Å². The van der Waals surface area contributed by atoms with Crippen molar-refractivity contribution in [1.29, 1.82) is 0 Å². The number of aryl methyl sites for hydroxylation is 2. The Morgan fingerprint density at radius 3 is 2.60 bits per heavy atom. The molecule has 0 aliphatic rings. The van der Waals surface area contributed by atoms with Gasteiger partial charge in [-0.25, -0.2) is 4.98 Å². The first-order chi connectivity index (χ1) is 14.4. The molecule has 0 atom stereocenters. The third kappa shape index (κ3) is 4.03. The Hall–Kier alpha value is -3.29. The van der Waals surface area contributed by atoms with Crippen LogP contribution in [0.15, 0.2) is 53.9 Å². The molecule has 4 aromatic rings. The van der Waals surface area contributed by atoms with Gasteiger partial charge in [-0.1, -0.05) is 6.07 Å². The summed E-state index contributed by atoms with van der Waals surface area (Å²) >= 11 is 2.85. The van der Waals surface area contributed by atoms with Crippen LogP contribution < -0.4 is 11.1 Å². The molecule has 0 radical (unpaired) electrons. The molecular formula is C23H19N3O2S2. The molecule has 4 rings (SSSR count). The number of pyridine rings is 1. The monoisotopic (exact) mass is 433 g/mol. The lowest BCUT2D eigenvalue weighted by Gasteiger charge is -2.05. The standard InChI is InChI=1S/C23H19N3O2S2/c1-13-12-14(2)25-23-19(13)20(24)21(30-23)22(28)26-16-7-5-15(6-8-16)18(27)10-9-17-4-3-11-29-17/h3-12H,24H2,1-2H3,(H,26,28)/b10-9+. The zero-order valence-electron chi connectivity index (χ0n) is 16.4. The first kappa shape index (κ1) is 20.0. The number of allylic oxidation sites excluding steroid dienone is 1. The van der Waals surface area contributed by atoms with Gasteiger partial charge in [0.25, 0.3) is 5.91 Å². The van der Waals surface area contributed by atoms with E-state index < -0.39 is 0 Å². The number of anilines is 2. The molecule has 0 unspecified atom stereocenters. The normalized spacial score (nSPS) is 11.3. The van der Waals surface area contributed by atoms with Crippen molar-refractivity contribution in [2.75, 3.05) is 11.1 Å². The summed E-state index contributed by atoms with van der Waals surface area (Å²) < 4.78 is 0. The van der Waals surface area contributed by atoms with E-state index in [4.69, 9.17) is 5.73 Å². The van der Waals surface area contributed by atoms with E-state index in [0.717, 1.165) is 26.4 Å². The Morgan fingerprint density at radius 2 is 1.90 bits per heavy atom. The van der Waals surface area contributed by atoms with Crippen molar-refractivity contribution in [3.8, 4) is 0 Å². The molecule has 1 aromatic carbocycles. The molecule has 1 amide bonds. The number of aromatic nitrogens is 1. The van der Waals surface area contributed by atoms with Crippen molar-refractivity contribution in [2.45, 2.75) is 13.8 Å². The summed E-state index contributed by atoms with van der Waals surface area (Å²) in [4.78, 5) is 31.8. The van der Waals surface area contributed by atoms with Crippen molar-refractivity contribution < 1.29 is 9.59 Å². The summed E-state index contributed by atoms with van der Waals surface area (Å²) in [6, 6.07) is 12.7. The first-order valence-electron chi connectivity index (χ1n) is 9.26. The lowest BCUT2D eigenvalue weighted by Crippen LogP contribution is -2.12. The highest BCUT2D eigenvalue weighted by Crippen LogP contribution is 2.35. The molecule has 3 aromatic heterocycles. The number of rotatable bonds is 5. The van der Waals surface area contributed by atoms with Crippen LogP contribution in [0.3, 0.4) is 0 Å². The van der Waals surface area contributed by atoms with Crippen LogP contribution in [0.25, 0.3) is 16.3 Å². The number of hydrogen-bond donors (Lipinski definition) is 2. The number of nitrogen functional groups attached to an aromatic ring is 1. The number of ketones is 1. The summed E-state index contributed by atoms with van der Waals surface area (Å²) in [7, 11) is 0. The van der Waals surface area contributed by atoms with E-state index >= 15 is 0 Å². The van der Waals surface area contributed by atoms with E-state index in [1.807, 2.05) is 37.4 Å². The summed E-state index contributed by atoms with van der Waals surface area (Å²) in [6.45, 7) is 3.88. The highest BCUT2D eigenvalue weighted by molar-refractivity contribution is 7.21. The Bertz CT molecular complexity index is 1270. The Morgan fingerprint density at radius 1 is 1.13 bits per heavy atom. The van der Waals surface area contributed by atoms with Gasteiger partial charge >= 0.3 is 0 Å². The van der Waals surface area contributed by atoms with E-state index in [1.165, 1.54) is 11.3 Å². The molecule has 150 valence electrons. The number of carbonyl (C=O) groups excluding carboxylic acids is 2. The molecule has 0 spiro atoms. The topological polar surface area (TPSA) is 85.1 Å². The third-order valence-electron chi connectivity index (χ3n) is 4.60. The predicted octanol–water partition coefficient (Wildman–Crippen LogP) is 5.71. The van der Waals surface area contributed by atoms with Crippen molar-refractivity contribution in [3.05, 3.63) is 80.5 Å². The molecule has 0 aliphatic heterocycles. The summed E-state index contributed by atoms with van der Waals surface area (Å²) in [6.07, 6.45) is 3.35. The molecule has 7 heteroatoms. The number of carbonyl (C=O) groups is 2. The average Bonchev–Trinajstić information content (AvgIpc) is 3.34. The quantitative estimate of drug-likeness (QED) is 0.312. The zero-order valence-corrected chi connectivity index (χ0v) is 18.1. The zero-order chi connectivity index (χ0) is 21.3. The van der Waals surface area contributed by atoms with Crippen LogP contribution in [0.5, 0.6) is 0 Å². The van der Waals surface area contributed by atoms with Gasteiger partial charge < -0.3 is 11.1 Å². The number of hydrogen-bond acceptors (Lipinski definition) is 6. The number of nitrogens with one attached hydrogen (secondary N) is 1. The highest BCUT2D eigenvalue weighted by Gasteiger charge is 2.19. The van der Waals surface area contributed by atoms with Crippen LogP contribution in [0.1, 0.15) is 36.2 Å². The van der Waals surface area contributed by atoms with Crippen LogP contribution in [0, 0.1) is 13.8 Å².